The Morgan fingerprint density at radius 1 is 1.21 bits per heavy atom. The molecule has 2 unspecified atom stereocenters. The maximum absolute atomic E-state index is 12.6. The van der Waals surface area contributed by atoms with Gasteiger partial charge in [-0.25, -0.2) is 0 Å². The Labute approximate surface area is 114 Å². The molecule has 4 atom stereocenters. The number of amides is 1. The van der Waals surface area contributed by atoms with Gasteiger partial charge in [0.25, 0.3) is 0 Å². The molecule has 2 fully saturated rings. The van der Waals surface area contributed by atoms with E-state index < -0.39 is 11.9 Å². The summed E-state index contributed by atoms with van der Waals surface area (Å²) in [5.41, 5.74) is 5.77. The number of nitrogens with zero attached hydrogens (tertiary/aromatic N) is 1. The van der Waals surface area contributed by atoms with Crippen LogP contribution in [0.1, 0.15) is 32.6 Å². The molecule has 0 spiro atoms. The van der Waals surface area contributed by atoms with Crippen LogP contribution in [0.15, 0.2) is 0 Å². The first-order valence-electron chi connectivity index (χ1n) is 7.26. The highest BCUT2D eigenvalue weighted by molar-refractivity contribution is 5.81. The average Bonchev–Trinajstić information content (AvgIpc) is 2.80. The van der Waals surface area contributed by atoms with Gasteiger partial charge in [0.2, 0.25) is 5.91 Å². The van der Waals surface area contributed by atoms with Crippen LogP contribution in [0.25, 0.3) is 0 Å². The van der Waals surface area contributed by atoms with E-state index in [0.29, 0.717) is 19.6 Å². The second-order valence-corrected chi connectivity index (χ2v) is 6.05. The van der Waals surface area contributed by atoms with Crippen LogP contribution in [0.4, 0.5) is 0 Å². The fourth-order valence-electron chi connectivity index (χ4n) is 3.52. The molecule has 1 saturated carbocycles. The monoisotopic (exact) mass is 268 g/mol. The molecule has 19 heavy (non-hydrogen) atoms. The Morgan fingerprint density at radius 3 is 2.47 bits per heavy atom. The second-order valence-electron chi connectivity index (χ2n) is 6.05. The van der Waals surface area contributed by atoms with Crippen LogP contribution in [-0.4, -0.2) is 41.5 Å². The molecule has 0 radical (unpaired) electrons. The minimum atomic E-state index is -0.790. The van der Waals surface area contributed by atoms with Gasteiger partial charge in [0.15, 0.2) is 0 Å². The van der Waals surface area contributed by atoms with E-state index in [9.17, 15) is 9.59 Å². The number of hydrogen-bond donors (Lipinski definition) is 2. The van der Waals surface area contributed by atoms with Gasteiger partial charge in [-0.05, 0) is 31.2 Å². The number of nitrogens with two attached hydrogens (primary N) is 1. The lowest BCUT2D eigenvalue weighted by Crippen LogP contribution is -2.41. The summed E-state index contributed by atoms with van der Waals surface area (Å²) in [5, 5.41) is 9.13. The smallest absolute Gasteiger partial charge is 0.308 e. The molecule has 2 rings (SSSR count). The Balaban J connectivity index is 2.02. The predicted octanol–water partition coefficient (Wildman–Crippen LogP) is 0.931. The molecule has 1 amide bonds. The normalized spacial score (nSPS) is 35.4. The van der Waals surface area contributed by atoms with Gasteiger partial charge in [-0.15, -0.1) is 0 Å². The fourth-order valence-corrected chi connectivity index (χ4v) is 3.52. The van der Waals surface area contributed by atoms with Crippen molar-refractivity contribution >= 4 is 11.9 Å². The van der Waals surface area contributed by atoms with Crippen molar-refractivity contribution < 1.29 is 14.7 Å². The first-order valence-corrected chi connectivity index (χ1v) is 7.26. The van der Waals surface area contributed by atoms with E-state index in [0.717, 1.165) is 25.7 Å². The third-order valence-electron chi connectivity index (χ3n) is 4.77. The summed E-state index contributed by atoms with van der Waals surface area (Å²) in [6.07, 6.45) is 4.17. The average molecular weight is 268 g/mol. The number of rotatable bonds is 3. The van der Waals surface area contributed by atoms with Crippen molar-refractivity contribution in [2.45, 2.75) is 32.6 Å². The van der Waals surface area contributed by atoms with Gasteiger partial charge >= 0.3 is 5.97 Å². The van der Waals surface area contributed by atoms with Crippen LogP contribution in [0.3, 0.4) is 0 Å². The van der Waals surface area contributed by atoms with Crippen LogP contribution in [0.5, 0.6) is 0 Å². The minimum absolute atomic E-state index is 0.0125. The molecule has 0 aromatic rings. The van der Waals surface area contributed by atoms with Crippen molar-refractivity contribution in [1.29, 1.82) is 0 Å². The topological polar surface area (TPSA) is 83.6 Å². The van der Waals surface area contributed by atoms with Crippen molar-refractivity contribution in [2.75, 3.05) is 19.6 Å². The third-order valence-corrected chi connectivity index (χ3v) is 4.77. The molecule has 5 heteroatoms. The second kappa shape index (κ2) is 5.90. The summed E-state index contributed by atoms with van der Waals surface area (Å²) in [4.78, 5) is 25.4. The number of hydrogen-bond acceptors (Lipinski definition) is 3. The largest absolute Gasteiger partial charge is 0.481 e. The molecular weight excluding hydrogens is 244 g/mol. The van der Waals surface area contributed by atoms with Gasteiger partial charge in [0.1, 0.15) is 0 Å². The van der Waals surface area contributed by atoms with Crippen LogP contribution in [-0.2, 0) is 9.59 Å². The van der Waals surface area contributed by atoms with Gasteiger partial charge in [-0.2, -0.15) is 0 Å². The Bertz CT molecular complexity index is 359. The Kier molecular flexibility index (Phi) is 4.45. The molecule has 0 bridgehead atoms. The SMILES string of the molecule is C[C@@H]1CN(C(=O)C2CCCCC2CN)C[C@H]1C(=O)O. The van der Waals surface area contributed by atoms with Crippen LogP contribution in [0.2, 0.25) is 0 Å². The van der Waals surface area contributed by atoms with Gasteiger partial charge in [0.05, 0.1) is 5.92 Å². The van der Waals surface area contributed by atoms with E-state index in [1.54, 1.807) is 4.90 Å². The number of carboxylic acids is 1. The summed E-state index contributed by atoms with van der Waals surface area (Å²) in [6, 6.07) is 0. The lowest BCUT2D eigenvalue weighted by Gasteiger charge is -2.32. The van der Waals surface area contributed by atoms with Crippen molar-refractivity contribution in [3.63, 3.8) is 0 Å². The molecule has 1 aliphatic heterocycles. The van der Waals surface area contributed by atoms with E-state index >= 15 is 0 Å². The highest BCUT2D eigenvalue weighted by Crippen LogP contribution is 2.33. The molecule has 3 N–H and O–H groups in total. The highest BCUT2D eigenvalue weighted by Gasteiger charge is 2.40. The standard InChI is InChI=1S/C14H24N2O3/c1-9-7-16(8-12(9)14(18)19)13(17)11-5-3-2-4-10(11)6-15/h9-12H,2-8,15H2,1H3,(H,18,19)/t9-,10?,11?,12-/m1/s1. The quantitative estimate of drug-likeness (QED) is 0.797. The summed E-state index contributed by atoms with van der Waals surface area (Å²) in [5.74, 6) is -0.739. The highest BCUT2D eigenvalue weighted by atomic mass is 16.4. The van der Waals surface area contributed by atoms with Crippen LogP contribution < -0.4 is 5.73 Å². The zero-order chi connectivity index (χ0) is 14.0. The first kappa shape index (κ1) is 14.3. The molecule has 0 aromatic heterocycles. The van der Waals surface area contributed by atoms with Crippen LogP contribution >= 0.6 is 0 Å². The molecule has 1 heterocycles. The third kappa shape index (κ3) is 2.91. The van der Waals surface area contributed by atoms with E-state index in [1.165, 1.54) is 0 Å². The molecule has 0 aromatic carbocycles. The number of aliphatic carboxylic acids is 1. The first-order chi connectivity index (χ1) is 9.04. The Hall–Kier alpha value is -1.10. The molecule has 1 saturated heterocycles. The molecule has 1 aliphatic carbocycles. The maximum Gasteiger partial charge on any atom is 0.308 e. The van der Waals surface area contributed by atoms with Gasteiger partial charge < -0.3 is 15.7 Å². The van der Waals surface area contributed by atoms with Crippen molar-refractivity contribution in [2.24, 2.45) is 29.4 Å². The summed E-state index contributed by atoms with van der Waals surface area (Å²) < 4.78 is 0. The number of carboxylic acid groups (broad SMARTS) is 1. The molecule has 2 aliphatic rings. The van der Waals surface area contributed by atoms with Crippen molar-refractivity contribution in [1.82, 2.24) is 4.90 Å². The van der Waals surface area contributed by atoms with Gasteiger partial charge in [-0.3, -0.25) is 9.59 Å². The van der Waals surface area contributed by atoms with Crippen molar-refractivity contribution in [3.05, 3.63) is 0 Å². The number of carbonyl (C=O) groups excluding carboxylic acids is 1. The number of likely N-dealkylation sites (tertiary alicyclic amines) is 1. The van der Waals surface area contributed by atoms with E-state index in [4.69, 9.17) is 10.8 Å². The minimum Gasteiger partial charge on any atom is -0.481 e. The lowest BCUT2D eigenvalue weighted by molar-refractivity contribution is -0.142. The summed E-state index contributed by atoms with van der Waals surface area (Å²) in [7, 11) is 0. The van der Waals surface area contributed by atoms with Crippen LogP contribution in [0, 0.1) is 23.7 Å². The number of carbonyl (C=O) groups is 2. The molecular formula is C14H24N2O3. The van der Waals surface area contributed by atoms with Crippen molar-refractivity contribution in [3.8, 4) is 0 Å². The molecule has 108 valence electrons. The van der Waals surface area contributed by atoms with E-state index in [-0.39, 0.29) is 23.7 Å². The fraction of sp³-hybridized carbons (Fsp3) is 0.857. The van der Waals surface area contributed by atoms with E-state index in [1.807, 2.05) is 6.92 Å². The lowest BCUT2D eigenvalue weighted by atomic mass is 9.78. The molecule has 5 nitrogen and oxygen atoms in total. The summed E-state index contributed by atoms with van der Waals surface area (Å²) >= 11 is 0. The zero-order valence-electron chi connectivity index (χ0n) is 11.5. The predicted molar refractivity (Wildman–Crippen MR) is 71.4 cm³/mol. The van der Waals surface area contributed by atoms with Gasteiger partial charge in [-0.1, -0.05) is 19.8 Å². The summed E-state index contributed by atoms with van der Waals surface area (Å²) in [6.45, 7) is 3.40. The van der Waals surface area contributed by atoms with E-state index in [2.05, 4.69) is 0 Å². The Morgan fingerprint density at radius 2 is 1.89 bits per heavy atom. The zero-order valence-corrected chi connectivity index (χ0v) is 11.5. The maximum atomic E-state index is 12.6. The van der Waals surface area contributed by atoms with Gasteiger partial charge in [0, 0.05) is 19.0 Å².